The summed E-state index contributed by atoms with van der Waals surface area (Å²) < 4.78 is 16.1. The van der Waals surface area contributed by atoms with Crippen molar-refractivity contribution in [2.75, 3.05) is 13.2 Å². The Kier molecular flexibility index (Phi) is 22.0. The molecule has 0 atom stereocenters. The van der Waals surface area contributed by atoms with E-state index in [0.717, 1.165) is 13.2 Å². The number of hydrogen-bond acceptors (Lipinski definition) is 2. The molecule has 0 spiro atoms. The van der Waals surface area contributed by atoms with E-state index in [1.165, 1.54) is 112 Å². The maximum absolute atomic E-state index is 6.73. The van der Waals surface area contributed by atoms with Gasteiger partial charge in [0.15, 0.2) is 0 Å². The van der Waals surface area contributed by atoms with Crippen LogP contribution in [0, 0.1) is 0 Å². The monoisotopic (exact) mass is 492 g/mol. The summed E-state index contributed by atoms with van der Waals surface area (Å²) in [5.41, 5.74) is 0. The summed E-state index contributed by atoms with van der Waals surface area (Å²) in [5, 5.41) is 0. The third kappa shape index (κ3) is 17.3. The number of unbranched alkanes of at least 4 members (excludes halogenated alkanes) is 12. The third-order valence-corrected chi connectivity index (χ3v) is 16.1. The van der Waals surface area contributed by atoms with Crippen LogP contribution in [0.2, 0.25) is 8.87 Å². The number of hydrogen-bond donors (Lipinski definition) is 0. The molecule has 0 bridgehead atoms. The van der Waals surface area contributed by atoms with Crippen LogP contribution in [0.3, 0.4) is 0 Å². The molecule has 0 amide bonds. The average Bonchev–Trinajstić information content (AvgIpc) is 2.68. The molecule has 0 fully saturated rings. The van der Waals surface area contributed by atoms with Gasteiger partial charge in [-0.05, 0) is 0 Å². The van der Waals surface area contributed by atoms with Gasteiger partial charge in [0.1, 0.15) is 0 Å². The molecule has 27 heavy (non-hydrogen) atoms. The van der Waals surface area contributed by atoms with Crippen molar-refractivity contribution in [1.82, 2.24) is 0 Å². The van der Waals surface area contributed by atoms with E-state index >= 15 is 0 Å². The van der Waals surface area contributed by atoms with Gasteiger partial charge in [-0.15, -0.1) is 0 Å². The Morgan fingerprint density at radius 2 is 0.741 bits per heavy atom. The van der Waals surface area contributed by atoms with Crippen molar-refractivity contribution >= 4 is 19.2 Å². The standard InChI is InChI=1S/2C6H13O.2C6H13.Sn/c2*1-2-3-4-5-6-7;2*1-3-5-6-4-2;/h2*2-6H2,1H3;2*1,3-6H2,2H3;/q2*-1;;;+2. The second kappa shape index (κ2) is 21.4. The average molecular weight is 491 g/mol. The predicted molar refractivity (Wildman–Crippen MR) is 124 cm³/mol. The molecule has 164 valence electrons. The Morgan fingerprint density at radius 3 is 1.07 bits per heavy atom. The van der Waals surface area contributed by atoms with Gasteiger partial charge in [-0.1, -0.05) is 0 Å². The fourth-order valence-electron chi connectivity index (χ4n) is 3.67. The molecule has 0 aromatic rings. The first-order valence-corrected chi connectivity index (χ1v) is 18.9. The van der Waals surface area contributed by atoms with Crippen LogP contribution in [-0.2, 0) is 6.15 Å². The summed E-state index contributed by atoms with van der Waals surface area (Å²) in [7, 11) is 0. The second-order valence-electron chi connectivity index (χ2n) is 8.35. The van der Waals surface area contributed by atoms with E-state index in [4.69, 9.17) is 6.15 Å². The molecule has 0 saturated heterocycles. The molecule has 0 aliphatic rings. The van der Waals surface area contributed by atoms with Gasteiger partial charge in [0.2, 0.25) is 0 Å². The zero-order valence-corrected chi connectivity index (χ0v) is 22.3. The van der Waals surface area contributed by atoms with Crippen LogP contribution in [0.25, 0.3) is 0 Å². The van der Waals surface area contributed by atoms with Gasteiger partial charge in [0.25, 0.3) is 0 Å². The van der Waals surface area contributed by atoms with Gasteiger partial charge in [0.05, 0.1) is 0 Å². The SMILES string of the molecule is CCCCCC[O][Sn]([CH2]CCCCC)([CH2]CCCCC)[O]CCCCCC. The topological polar surface area (TPSA) is 18.5 Å². The summed E-state index contributed by atoms with van der Waals surface area (Å²) in [6, 6.07) is 0. The van der Waals surface area contributed by atoms with E-state index in [0.29, 0.717) is 0 Å². The molecule has 0 unspecified atom stereocenters. The molecular formula is C24H52O2Sn. The van der Waals surface area contributed by atoms with Crippen molar-refractivity contribution in [3.05, 3.63) is 0 Å². The molecule has 0 aromatic heterocycles. The van der Waals surface area contributed by atoms with Crippen LogP contribution < -0.4 is 0 Å². The number of rotatable bonds is 22. The Balaban J connectivity index is 4.64. The van der Waals surface area contributed by atoms with Gasteiger partial charge < -0.3 is 0 Å². The normalized spacial score (nSPS) is 12.0. The molecular weight excluding hydrogens is 439 g/mol. The quantitative estimate of drug-likeness (QED) is 0.111. The molecule has 2 nitrogen and oxygen atoms in total. The van der Waals surface area contributed by atoms with Crippen molar-refractivity contribution in [2.24, 2.45) is 0 Å². The van der Waals surface area contributed by atoms with Crippen LogP contribution >= 0.6 is 0 Å². The van der Waals surface area contributed by atoms with Crippen LogP contribution in [0.5, 0.6) is 0 Å². The molecule has 0 N–H and O–H groups in total. The van der Waals surface area contributed by atoms with Crippen molar-refractivity contribution in [2.45, 2.75) is 139 Å². The fraction of sp³-hybridized carbons (Fsp3) is 1.00. The Bertz CT molecular complexity index is 256. The van der Waals surface area contributed by atoms with Gasteiger partial charge in [-0.2, -0.15) is 0 Å². The van der Waals surface area contributed by atoms with Crippen molar-refractivity contribution < 1.29 is 6.15 Å². The molecule has 3 heteroatoms. The summed E-state index contributed by atoms with van der Waals surface area (Å²) in [6.07, 6.45) is 21.2. The minimum atomic E-state index is -2.89. The van der Waals surface area contributed by atoms with Gasteiger partial charge >= 0.3 is 178 Å². The molecule has 0 radical (unpaired) electrons. The summed E-state index contributed by atoms with van der Waals surface area (Å²) in [5.74, 6) is 0. The van der Waals surface area contributed by atoms with Crippen LogP contribution in [0.15, 0.2) is 0 Å². The molecule has 0 aliphatic carbocycles. The predicted octanol–water partition coefficient (Wildman–Crippen LogP) is 8.78. The molecule has 0 saturated carbocycles. The molecule has 0 heterocycles. The van der Waals surface area contributed by atoms with Crippen molar-refractivity contribution in [3.63, 3.8) is 0 Å². The Morgan fingerprint density at radius 1 is 0.407 bits per heavy atom. The first kappa shape index (κ1) is 27.7. The van der Waals surface area contributed by atoms with Crippen LogP contribution in [0.4, 0.5) is 0 Å². The van der Waals surface area contributed by atoms with Gasteiger partial charge in [-0.3, -0.25) is 0 Å². The van der Waals surface area contributed by atoms with E-state index in [1.54, 1.807) is 0 Å². The zero-order valence-electron chi connectivity index (χ0n) is 19.5. The summed E-state index contributed by atoms with van der Waals surface area (Å²) >= 11 is -2.89. The fourth-order valence-corrected chi connectivity index (χ4v) is 13.7. The Labute approximate surface area is 177 Å². The van der Waals surface area contributed by atoms with E-state index in [9.17, 15) is 0 Å². The van der Waals surface area contributed by atoms with Crippen molar-refractivity contribution in [1.29, 1.82) is 0 Å². The van der Waals surface area contributed by atoms with E-state index in [2.05, 4.69) is 27.7 Å². The molecule has 0 aliphatic heterocycles. The van der Waals surface area contributed by atoms with Gasteiger partial charge in [-0.25, -0.2) is 0 Å². The van der Waals surface area contributed by atoms with E-state index in [1.807, 2.05) is 0 Å². The maximum atomic E-state index is 6.73. The molecule has 0 aromatic carbocycles. The zero-order chi connectivity index (χ0) is 20.1. The van der Waals surface area contributed by atoms with Gasteiger partial charge in [0, 0.05) is 0 Å². The summed E-state index contributed by atoms with van der Waals surface area (Å²) in [4.78, 5) is 0. The van der Waals surface area contributed by atoms with E-state index < -0.39 is 19.2 Å². The first-order valence-electron chi connectivity index (χ1n) is 12.5. The minimum absolute atomic E-state index is 0.965. The first-order chi connectivity index (χ1) is 13.2. The second-order valence-corrected chi connectivity index (χ2v) is 18.1. The third-order valence-electron chi connectivity index (χ3n) is 5.55. The Hall–Kier alpha value is 0.719. The van der Waals surface area contributed by atoms with Crippen LogP contribution in [-0.4, -0.2) is 32.4 Å². The van der Waals surface area contributed by atoms with Crippen molar-refractivity contribution in [3.8, 4) is 0 Å². The van der Waals surface area contributed by atoms with E-state index in [-0.39, 0.29) is 0 Å². The van der Waals surface area contributed by atoms with Crippen LogP contribution in [0.1, 0.15) is 130 Å². The summed E-state index contributed by atoms with van der Waals surface area (Å²) in [6.45, 7) is 11.1. The molecule has 0 rings (SSSR count).